The monoisotopic (exact) mass is 389 g/mol. The molecule has 2 N–H and O–H groups in total. The molecule has 2 rings (SSSR count). The number of pyridine rings is 1. The lowest BCUT2D eigenvalue weighted by molar-refractivity contribution is -0.137. The highest BCUT2D eigenvalue weighted by molar-refractivity contribution is 6.33. The Labute approximate surface area is 151 Å². The molecular weight excluding hydrogens is 375 g/mol. The number of nitrogens with one attached hydrogen (secondary N) is 2. The summed E-state index contributed by atoms with van der Waals surface area (Å²) in [5.74, 6) is -0.412. The second kappa shape index (κ2) is 7.73. The maximum absolute atomic E-state index is 12.6. The van der Waals surface area contributed by atoms with E-state index < -0.39 is 23.3 Å². The minimum atomic E-state index is -4.54. The van der Waals surface area contributed by atoms with Crippen LogP contribution in [0.4, 0.5) is 18.9 Å². The van der Waals surface area contributed by atoms with E-state index in [1.54, 1.807) is 13.8 Å². The van der Waals surface area contributed by atoms with Gasteiger partial charge in [-0.05, 0) is 26.0 Å². The number of rotatable bonds is 5. The molecule has 0 aliphatic heterocycles. The number of amides is 1. The smallest absolute Gasteiger partial charge is 0.371 e. The number of aromatic nitrogens is 3. The molecule has 0 bridgehead atoms. The molecule has 0 saturated carbocycles. The van der Waals surface area contributed by atoms with Crippen LogP contribution < -0.4 is 16.2 Å². The molecule has 0 radical (unpaired) electrons. The molecule has 140 valence electrons. The molecule has 0 saturated heterocycles. The van der Waals surface area contributed by atoms with Crippen LogP contribution in [-0.4, -0.2) is 33.3 Å². The molecular formula is C15H15ClF3N5O2. The molecule has 0 aromatic carbocycles. The van der Waals surface area contributed by atoms with Gasteiger partial charge in [-0.2, -0.15) is 23.0 Å². The van der Waals surface area contributed by atoms with Gasteiger partial charge < -0.3 is 10.6 Å². The van der Waals surface area contributed by atoms with Crippen LogP contribution in [0.5, 0.6) is 0 Å². The lowest BCUT2D eigenvalue weighted by Crippen LogP contribution is -2.38. The molecule has 1 atom stereocenters. The van der Waals surface area contributed by atoms with Crippen molar-refractivity contribution in [3.05, 3.63) is 45.5 Å². The van der Waals surface area contributed by atoms with Crippen LogP contribution in [0.2, 0.25) is 5.02 Å². The number of hydrogen-bond donors (Lipinski definition) is 2. The van der Waals surface area contributed by atoms with Gasteiger partial charge in [-0.15, -0.1) is 0 Å². The van der Waals surface area contributed by atoms with Crippen molar-refractivity contribution in [3.63, 3.8) is 0 Å². The maximum atomic E-state index is 12.6. The maximum Gasteiger partial charge on any atom is 0.417 e. The van der Waals surface area contributed by atoms with E-state index in [1.807, 2.05) is 0 Å². The van der Waals surface area contributed by atoms with E-state index in [4.69, 9.17) is 11.6 Å². The third-order valence-corrected chi connectivity index (χ3v) is 3.69. The van der Waals surface area contributed by atoms with Crippen molar-refractivity contribution in [3.8, 4) is 5.82 Å². The third-order valence-electron chi connectivity index (χ3n) is 3.33. The summed E-state index contributed by atoms with van der Waals surface area (Å²) in [5.41, 5.74) is -1.61. The van der Waals surface area contributed by atoms with Gasteiger partial charge in [0.1, 0.15) is 11.1 Å². The molecule has 11 heteroatoms. The van der Waals surface area contributed by atoms with Gasteiger partial charge in [-0.25, -0.2) is 4.98 Å². The first kappa shape index (κ1) is 19.7. The lowest BCUT2D eigenvalue weighted by atomic mass is 10.3. The number of alkyl halides is 3. The number of halogens is 4. The fourth-order valence-electron chi connectivity index (χ4n) is 2.00. The highest BCUT2D eigenvalue weighted by atomic mass is 35.5. The first-order valence-corrected chi connectivity index (χ1v) is 7.88. The summed E-state index contributed by atoms with van der Waals surface area (Å²) in [6.45, 7) is 3.78. The van der Waals surface area contributed by atoms with Crippen LogP contribution in [0, 0.1) is 0 Å². The molecule has 2 heterocycles. The van der Waals surface area contributed by atoms with Crippen molar-refractivity contribution in [1.29, 1.82) is 0 Å². The molecule has 1 amide bonds. The quantitative estimate of drug-likeness (QED) is 0.818. The Morgan fingerprint density at radius 2 is 2.04 bits per heavy atom. The van der Waals surface area contributed by atoms with E-state index >= 15 is 0 Å². The zero-order chi connectivity index (χ0) is 19.5. The summed E-state index contributed by atoms with van der Waals surface area (Å²) < 4.78 is 38.5. The van der Waals surface area contributed by atoms with Crippen LogP contribution in [0.1, 0.15) is 19.4 Å². The Bertz CT molecular complexity index is 852. The molecule has 2 aromatic rings. The van der Waals surface area contributed by atoms with E-state index in [-0.39, 0.29) is 22.4 Å². The third kappa shape index (κ3) is 4.31. The normalized spacial score (nSPS) is 12.5. The van der Waals surface area contributed by atoms with Crippen LogP contribution in [0.25, 0.3) is 5.82 Å². The molecule has 26 heavy (non-hydrogen) atoms. The lowest BCUT2D eigenvalue weighted by Gasteiger charge is -2.15. The van der Waals surface area contributed by atoms with Gasteiger partial charge in [0.05, 0.1) is 17.4 Å². The molecule has 0 spiro atoms. The van der Waals surface area contributed by atoms with E-state index in [1.165, 1.54) is 6.20 Å². The highest BCUT2D eigenvalue weighted by Gasteiger charge is 2.30. The number of carbonyl (C=O) groups excluding carboxylic acids is 1. The first-order chi connectivity index (χ1) is 12.1. The second-order valence-corrected chi connectivity index (χ2v) is 5.63. The Hall–Kier alpha value is -2.62. The Morgan fingerprint density at radius 3 is 2.58 bits per heavy atom. The fourth-order valence-corrected chi connectivity index (χ4v) is 2.19. The number of carbonyl (C=O) groups is 1. The van der Waals surface area contributed by atoms with Crippen molar-refractivity contribution >= 4 is 23.2 Å². The number of hydrogen-bond acceptors (Lipinski definition) is 5. The molecule has 0 aliphatic carbocycles. The van der Waals surface area contributed by atoms with Crippen LogP contribution >= 0.6 is 11.6 Å². The Balaban J connectivity index is 2.29. The predicted molar refractivity (Wildman–Crippen MR) is 89.4 cm³/mol. The van der Waals surface area contributed by atoms with Gasteiger partial charge in [-0.1, -0.05) is 11.6 Å². The number of anilines is 1. The average molecular weight is 390 g/mol. The summed E-state index contributed by atoms with van der Waals surface area (Å²) in [6.07, 6.45) is -2.75. The van der Waals surface area contributed by atoms with Gasteiger partial charge in [-0.3, -0.25) is 9.59 Å². The van der Waals surface area contributed by atoms with E-state index in [0.29, 0.717) is 12.7 Å². The van der Waals surface area contributed by atoms with E-state index in [0.717, 1.165) is 16.8 Å². The minimum absolute atomic E-state index is 0.117. The molecule has 0 aliphatic rings. The fraction of sp³-hybridized carbons (Fsp3) is 0.333. The van der Waals surface area contributed by atoms with Crippen molar-refractivity contribution in [2.24, 2.45) is 0 Å². The Morgan fingerprint density at radius 1 is 1.35 bits per heavy atom. The Kier molecular flexibility index (Phi) is 5.86. The van der Waals surface area contributed by atoms with Crippen LogP contribution in [-0.2, 0) is 11.0 Å². The number of likely N-dealkylation sites (N-methyl/N-ethyl adjacent to an activating group) is 1. The SMILES string of the molecule is CCNC(=O)[C@H](C)Nc1cnn(-c2ccc(C(F)(F)F)cn2)c(=O)c1Cl. The van der Waals surface area contributed by atoms with Gasteiger partial charge in [0.25, 0.3) is 5.56 Å². The average Bonchev–Trinajstić information content (AvgIpc) is 2.58. The van der Waals surface area contributed by atoms with Crippen molar-refractivity contribution in [2.75, 3.05) is 11.9 Å². The second-order valence-electron chi connectivity index (χ2n) is 5.25. The zero-order valence-electron chi connectivity index (χ0n) is 13.8. The standard InChI is InChI=1S/C15H15ClF3N5O2/c1-3-20-13(25)8(2)23-10-7-22-24(14(26)12(10)16)11-5-4-9(6-21-11)15(17,18)19/h4-8,23H,3H2,1-2H3,(H,20,25)/t8-/m0/s1. The summed E-state index contributed by atoms with van der Waals surface area (Å²) in [7, 11) is 0. The van der Waals surface area contributed by atoms with Gasteiger partial charge in [0.15, 0.2) is 5.82 Å². The molecule has 0 fully saturated rings. The van der Waals surface area contributed by atoms with Gasteiger partial charge >= 0.3 is 6.18 Å². The molecule has 2 aromatic heterocycles. The summed E-state index contributed by atoms with van der Waals surface area (Å²) in [4.78, 5) is 27.6. The topological polar surface area (TPSA) is 88.9 Å². The number of nitrogens with zero attached hydrogens (tertiary/aromatic N) is 3. The van der Waals surface area contributed by atoms with Crippen LogP contribution in [0.15, 0.2) is 29.3 Å². The van der Waals surface area contributed by atoms with E-state index in [2.05, 4.69) is 20.7 Å². The van der Waals surface area contributed by atoms with Crippen molar-refractivity contribution < 1.29 is 18.0 Å². The zero-order valence-corrected chi connectivity index (χ0v) is 14.5. The van der Waals surface area contributed by atoms with Crippen molar-refractivity contribution in [1.82, 2.24) is 20.1 Å². The van der Waals surface area contributed by atoms with Crippen LogP contribution in [0.3, 0.4) is 0 Å². The first-order valence-electron chi connectivity index (χ1n) is 7.50. The summed E-state index contributed by atoms with van der Waals surface area (Å²) in [6, 6.07) is 1.12. The van der Waals surface area contributed by atoms with Gasteiger partial charge in [0.2, 0.25) is 5.91 Å². The van der Waals surface area contributed by atoms with E-state index in [9.17, 15) is 22.8 Å². The van der Waals surface area contributed by atoms with Crippen molar-refractivity contribution in [2.45, 2.75) is 26.1 Å². The predicted octanol–water partition coefficient (Wildman–Crippen LogP) is 2.24. The summed E-state index contributed by atoms with van der Waals surface area (Å²) in [5, 5.41) is 8.93. The molecule has 0 unspecified atom stereocenters. The largest absolute Gasteiger partial charge is 0.417 e. The minimum Gasteiger partial charge on any atom is -0.371 e. The van der Waals surface area contributed by atoms with Gasteiger partial charge in [0, 0.05) is 12.7 Å². The summed E-state index contributed by atoms with van der Waals surface area (Å²) >= 11 is 6.00. The highest BCUT2D eigenvalue weighted by Crippen LogP contribution is 2.28. The molecule has 7 nitrogen and oxygen atoms in total.